The molecule has 1 aliphatic carbocycles. The molecule has 3 heteroatoms. The number of likely N-dealkylation sites (N-methyl/N-ethyl adjacent to an activating group) is 1. The summed E-state index contributed by atoms with van der Waals surface area (Å²) in [5.74, 6) is 1.95. The van der Waals surface area contributed by atoms with Gasteiger partial charge in [-0.05, 0) is 39.7 Å². The predicted molar refractivity (Wildman–Crippen MR) is 88.0 cm³/mol. The van der Waals surface area contributed by atoms with Crippen LogP contribution in [0.5, 0.6) is 5.75 Å². The number of ether oxygens (including phenoxy) is 1. The summed E-state index contributed by atoms with van der Waals surface area (Å²) in [7, 11) is 3.81. The van der Waals surface area contributed by atoms with Crippen molar-refractivity contribution in [2.75, 3.05) is 14.2 Å². The number of aromatic nitrogens is 1. The molecule has 0 amide bonds. The molecule has 118 valence electrons. The number of aryl methyl sites for hydroxylation is 1. The van der Waals surface area contributed by atoms with Crippen LogP contribution in [-0.4, -0.2) is 25.2 Å². The smallest absolute Gasteiger partial charge is 0.128 e. The third-order valence-corrected chi connectivity index (χ3v) is 5.00. The van der Waals surface area contributed by atoms with Crippen LogP contribution in [0.3, 0.4) is 0 Å². The molecule has 1 heterocycles. The Kier molecular flexibility index (Phi) is 6.04. The van der Waals surface area contributed by atoms with Crippen molar-refractivity contribution in [2.45, 2.75) is 64.8 Å². The Bertz CT molecular complexity index is 453. The summed E-state index contributed by atoms with van der Waals surface area (Å²) < 4.78 is 5.51. The van der Waals surface area contributed by atoms with E-state index in [0.717, 1.165) is 23.7 Å². The topological polar surface area (TPSA) is 34.2 Å². The van der Waals surface area contributed by atoms with Crippen LogP contribution >= 0.6 is 0 Å². The van der Waals surface area contributed by atoms with Crippen molar-refractivity contribution < 1.29 is 4.74 Å². The van der Waals surface area contributed by atoms with Gasteiger partial charge in [0.25, 0.3) is 0 Å². The zero-order valence-corrected chi connectivity index (χ0v) is 14.0. The van der Waals surface area contributed by atoms with Gasteiger partial charge in [-0.15, -0.1) is 0 Å². The fourth-order valence-electron chi connectivity index (χ4n) is 3.59. The first-order valence-corrected chi connectivity index (χ1v) is 8.32. The molecule has 0 aromatic carbocycles. The van der Waals surface area contributed by atoms with Crippen LogP contribution < -0.4 is 10.1 Å². The zero-order chi connectivity index (χ0) is 15.2. The Morgan fingerprint density at radius 2 is 2.05 bits per heavy atom. The molecule has 1 aromatic rings. The van der Waals surface area contributed by atoms with E-state index in [0.29, 0.717) is 6.04 Å². The minimum absolute atomic E-state index is 0.518. The third-order valence-electron chi connectivity index (χ3n) is 5.00. The lowest BCUT2D eigenvalue weighted by Crippen LogP contribution is -2.29. The third kappa shape index (κ3) is 4.19. The molecule has 1 unspecified atom stereocenters. The maximum absolute atomic E-state index is 5.51. The van der Waals surface area contributed by atoms with Gasteiger partial charge in [-0.25, -0.2) is 0 Å². The molecule has 1 saturated carbocycles. The van der Waals surface area contributed by atoms with Gasteiger partial charge in [-0.2, -0.15) is 0 Å². The van der Waals surface area contributed by atoms with Crippen LogP contribution in [-0.2, 0) is 6.42 Å². The van der Waals surface area contributed by atoms with Crippen LogP contribution in [0.2, 0.25) is 0 Å². The molecule has 0 bridgehead atoms. The van der Waals surface area contributed by atoms with Crippen molar-refractivity contribution in [3.05, 3.63) is 23.0 Å². The molecule has 0 radical (unpaired) electrons. The van der Waals surface area contributed by atoms with E-state index in [1.807, 2.05) is 6.20 Å². The Hall–Kier alpha value is -1.09. The quantitative estimate of drug-likeness (QED) is 0.829. The number of hydrogen-bond donors (Lipinski definition) is 1. The van der Waals surface area contributed by atoms with Crippen LogP contribution in [0.1, 0.15) is 55.3 Å². The highest BCUT2D eigenvalue weighted by Gasteiger charge is 2.18. The molecular weight excluding hydrogens is 260 g/mol. The van der Waals surface area contributed by atoms with E-state index in [-0.39, 0.29) is 0 Å². The van der Waals surface area contributed by atoms with Gasteiger partial charge in [0.2, 0.25) is 0 Å². The minimum atomic E-state index is 0.518. The van der Waals surface area contributed by atoms with Crippen molar-refractivity contribution in [3.63, 3.8) is 0 Å². The first kappa shape index (κ1) is 16.3. The van der Waals surface area contributed by atoms with Gasteiger partial charge in [-0.1, -0.05) is 25.7 Å². The van der Waals surface area contributed by atoms with Crippen molar-refractivity contribution >= 4 is 0 Å². The lowest BCUT2D eigenvalue weighted by molar-refractivity contribution is 0.402. The summed E-state index contributed by atoms with van der Waals surface area (Å²) in [6, 6.07) is 0.518. The molecule has 1 atom stereocenters. The van der Waals surface area contributed by atoms with Gasteiger partial charge >= 0.3 is 0 Å². The largest absolute Gasteiger partial charge is 0.496 e. The Balaban J connectivity index is 1.97. The molecule has 2 rings (SSSR count). The normalized spacial score (nSPS) is 17.1. The van der Waals surface area contributed by atoms with E-state index in [4.69, 9.17) is 4.74 Å². The van der Waals surface area contributed by atoms with E-state index < -0.39 is 0 Å². The van der Waals surface area contributed by atoms with Crippen molar-refractivity contribution in [1.82, 2.24) is 10.3 Å². The van der Waals surface area contributed by atoms with E-state index in [1.54, 1.807) is 7.11 Å². The van der Waals surface area contributed by atoms with Gasteiger partial charge in [0, 0.05) is 35.5 Å². The summed E-state index contributed by atoms with van der Waals surface area (Å²) in [6.45, 7) is 4.18. The fourth-order valence-corrected chi connectivity index (χ4v) is 3.59. The average Bonchev–Trinajstić information content (AvgIpc) is 2.99. The van der Waals surface area contributed by atoms with Crippen molar-refractivity contribution in [3.8, 4) is 5.75 Å². The van der Waals surface area contributed by atoms with Crippen LogP contribution in [0.25, 0.3) is 0 Å². The summed E-state index contributed by atoms with van der Waals surface area (Å²) in [6.07, 6.45) is 11.3. The van der Waals surface area contributed by atoms with E-state index >= 15 is 0 Å². The molecular formula is C18H30N2O. The summed E-state index contributed by atoms with van der Waals surface area (Å²) in [5, 5.41) is 3.47. The maximum atomic E-state index is 5.51. The van der Waals surface area contributed by atoms with Crippen LogP contribution in [0.15, 0.2) is 6.20 Å². The number of rotatable bonds is 7. The lowest BCUT2D eigenvalue weighted by atomic mass is 9.95. The molecule has 1 aromatic heterocycles. The van der Waals surface area contributed by atoms with Gasteiger partial charge in [0.1, 0.15) is 5.75 Å². The second kappa shape index (κ2) is 7.79. The molecule has 21 heavy (non-hydrogen) atoms. The lowest BCUT2D eigenvalue weighted by Gasteiger charge is -2.20. The standard InChI is InChI=1S/C18H30N2O/c1-13-12-20-17(14(2)18(13)21-4)11-16(19-3)10-9-15-7-5-6-8-15/h12,15-16,19H,5-11H2,1-4H3. The monoisotopic (exact) mass is 290 g/mol. The summed E-state index contributed by atoms with van der Waals surface area (Å²) in [4.78, 5) is 4.63. The fraction of sp³-hybridized carbons (Fsp3) is 0.722. The molecule has 1 fully saturated rings. The Labute approximate surface area is 129 Å². The van der Waals surface area contributed by atoms with Crippen LogP contribution in [0, 0.1) is 19.8 Å². The van der Waals surface area contributed by atoms with E-state index in [2.05, 4.69) is 31.2 Å². The van der Waals surface area contributed by atoms with Crippen molar-refractivity contribution in [1.29, 1.82) is 0 Å². The summed E-state index contributed by atoms with van der Waals surface area (Å²) in [5.41, 5.74) is 3.48. The van der Waals surface area contributed by atoms with Crippen LogP contribution in [0.4, 0.5) is 0 Å². The van der Waals surface area contributed by atoms with Gasteiger partial charge < -0.3 is 10.1 Å². The number of methoxy groups -OCH3 is 1. The minimum Gasteiger partial charge on any atom is -0.496 e. The van der Waals surface area contributed by atoms with E-state index in [1.165, 1.54) is 49.8 Å². The molecule has 1 N–H and O–H groups in total. The van der Waals surface area contributed by atoms with E-state index in [9.17, 15) is 0 Å². The van der Waals surface area contributed by atoms with Gasteiger partial charge in [0.05, 0.1) is 7.11 Å². The highest BCUT2D eigenvalue weighted by atomic mass is 16.5. The predicted octanol–water partition coefficient (Wildman–Crippen LogP) is 3.81. The second-order valence-corrected chi connectivity index (χ2v) is 6.46. The zero-order valence-electron chi connectivity index (χ0n) is 14.0. The van der Waals surface area contributed by atoms with Gasteiger partial charge in [0.15, 0.2) is 0 Å². The highest BCUT2D eigenvalue weighted by Crippen LogP contribution is 2.30. The average molecular weight is 290 g/mol. The first-order valence-electron chi connectivity index (χ1n) is 8.32. The SMILES string of the molecule is CNC(CCC1CCCC1)Cc1ncc(C)c(OC)c1C. The van der Waals surface area contributed by atoms with Crippen molar-refractivity contribution in [2.24, 2.45) is 5.92 Å². The molecule has 0 aliphatic heterocycles. The first-order chi connectivity index (χ1) is 10.2. The summed E-state index contributed by atoms with van der Waals surface area (Å²) >= 11 is 0. The number of nitrogens with zero attached hydrogens (tertiary/aromatic N) is 1. The Morgan fingerprint density at radius 1 is 1.33 bits per heavy atom. The number of nitrogens with one attached hydrogen (secondary N) is 1. The molecule has 0 saturated heterocycles. The van der Waals surface area contributed by atoms with Gasteiger partial charge in [-0.3, -0.25) is 4.98 Å². The number of hydrogen-bond acceptors (Lipinski definition) is 3. The molecule has 3 nitrogen and oxygen atoms in total. The maximum Gasteiger partial charge on any atom is 0.128 e. The molecule has 1 aliphatic rings. The molecule has 0 spiro atoms. The highest BCUT2D eigenvalue weighted by molar-refractivity contribution is 5.41. The second-order valence-electron chi connectivity index (χ2n) is 6.46. The number of pyridine rings is 1. The Morgan fingerprint density at radius 3 is 2.67 bits per heavy atom.